The summed E-state index contributed by atoms with van der Waals surface area (Å²) < 4.78 is 16.3. The van der Waals surface area contributed by atoms with Crippen molar-refractivity contribution in [2.45, 2.75) is 26.4 Å². The summed E-state index contributed by atoms with van der Waals surface area (Å²) in [7, 11) is 0. The minimum atomic E-state index is -0.178. The number of benzene rings is 1. The summed E-state index contributed by atoms with van der Waals surface area (Å²) in [6.45, 7) is 5.11. The molecular formula is C14H19NO4. The number of hydrogen-bond acceptors (Lipinski definition) is 4. The standard InChI is InChI=1S/C14H19NO4/c1-10(2)19-9-14(16)15-11-4-5-12-13(8-11)18-7-3-6-17-12/h4-5,8,10H,3,6-7,9H2,1-2H3,(H,15,16). The molecule has 1 aliphatic rings. The lowest BCUT2D eigenvalue weighted by molar-refractivity contribution is -0.121. The molecule has 0 saturated heterocycles. The lowest BCUT2D eigenvalue weighted by Crippen LogP contribution is -2.20. The van der Waals surface area contributed by atoms with Gasteiger partial charge in [-0.25, -0.2) is 0 Å². The molecule has 0 unspecified atom stereocenters. The van der Waals surface area contributed by atoms with Crippen LogP contribution in [-0.4, -0.2) is 31.8 Å². The van der Waals surface area contributed by atoms with E-state index in [1.165, 1.54) is 0 Å². The summed E-state index contributed by atoms with van der Waals surface area (Å²) >= 11 is 0. The van der Waals surface area contributed by atoms with Crippen LogP contribution in [0.1, 0.15) is 20.3 Å². The predicted octanol–water partition coefficient (Wildman–Crippen LogP) is 2.21. The van der Waals surface area contributed by atoms with Gasteiger partial charge in [-0.2, -0.15) is 0 Å². The second-order valence-corrected chi connectivity index (χ2v) is 4.62. The highest BCUT2D eigenvalue weighted by atomic mass is 16.5. The summed E-state index contributed by atoms with van der Waals surface area (Å²) in [6, 6.07) is 5.37. The Labute approximate surface area is 112 Å². The SMILES string of the molecule is CC(C)OCC(=O)Nc1ccc2c(c1)OCCCO2. The van der Waals surface area contributed by atoms with Crippen LogP contribution in [0.3, 0.4) is 0 Å². The third kappa shape index (κ3) is 4.13. The van der Waals surface area contributed by atoms with E-state index in [-0.39, 0.29) is 18.6 Å². The van der Waals surface area contributed by atoms with Crippen LogP contribution in [0, 0.1) is 0 Å². The fourth-order valence-electron chi connectivity index (χ4n) is 1.68. The Balaban J connectivity index is 1.97. The Morgan fingerprint density at radius 1 is 1.32 bits per heavy atom. The Morgan fingerprint density at radius 2 is 2.05 bits per heavy atom. The van der Waals surface area contributed by atoms with Crippen molar-refractivity contribution in [2.75, 3.05) is 25.1 Å². The molecule has 1 aliphatic heterocycles. The minimum Gasteiger partial charge on any atom is -0.490 e. The van der Waals surface area contributed by atoms with Gasteiger partial charge in [-0.3, -0.25) is 4.79 Å². The topological polar surface area (TPSA) is 56.8 Å². The first-order valence-electron chi connectivity index (χ1n) is 6.46. The zero-order valence-electron chi connectivity index (χ0n) is 11.3. The number of amides is 1. The summed E-state index contributed by atoms with van der Waals surface area (Å²) in [4.78, 5) is 11.6. The van der Waals surface area contributed by atoms with Crippen LogP contribution in [0.15, 0.2) is 18.2 Å². The molecule has 1 aromatic carbocycles. The molecule has 104 valence electrons. The number of ether oxygens (including phenoxy) is 3. The van der Waals surface area contributed by atoms with Gasteiger partial charge >= 0.3 is 0 Å². The monoisotopic (exact) mass is 265 g/mol. The number of carbonyl (C=O) groups excluding carboxylic acids is 1. The maximum atomic E-state index is 11.6. The molecule has 0 atom stereocenters. The Morgan fingerprint density at radius 3 is 2.79 bits per heavy atom. The van der Waals surface area contributed by atoms with Gasteiger partial charge in [0.2, 0.25) is 5.91 Å². The van der Waals surface area contributed by atoms with Crippen molar-refractivity contribution in [3.63, 3.8) is 0 Å². The molecule has 5 heteroatoms. The first-order chi connectivity index (χ1) is 9.15. The molecule has 19 heavy (non-hydrogen) atoms. The van der Waals surface area contributed by atoms with Gasteiger partial charge < -0.3 is 19.5 Å². The van der Waals surface area contributed by atoms with Gasteiger partial charge in [0.15, 0.2) is 11.5 Å². The number of nitrogens with one attached hydrogen (secondary N) is 1. The molecule has 0 fully saturated rings. The van der Waals surface area contributed by atoms with E-state index in [0.717, 1.165) is 6.42 Å². The highest BCUT2D eigenvalue weighted by Gasteiger charge is 2.12. The smallest absolute Gasteiger partial charge is 0.250 e. The third-order valence-electron chi connectivity index (χ3n) is 2.58. The van der Waals surface area contributed by atoms with Crippen LogP contribution in [0.4, 0.5) is 5.69 Å². The van der Waals surface area contributed by atoms with E-state index in [2.05, 4.69) is 5.32 Å². The normalized spacial score (nSPS) is 14.1. The second kappa shape index (κ2) is 6.43. The number of fused-ring (bicyclic) bond motifs is 1. The number of anilines is 1. The molecule has 1 amide bonds. The van der Waals surface area contributed by atoms with Gasteiger partial charge in [0.1, 0.15) is 6.61 Å². The van der Waals surface area contributed by atoms with E-state index in [0.29, 0.717) is 30.4 Å². The molecule has 1 N–H and O–H groups in total. The fraction of sp³-hybridized carbons (Fsp3) is 0.500. The van der Waals surface area contributed by atoms with Crippen molar-refractivity contribution in [1.82, 2.24) is 0 Å². The average molecular weight is 265 g/mol. The molecule has 0 bridgehead atoms. The Kier molecular flexibility index (Phi) is 4.63. The van der Waals surface area contributed by atoms with Crippen molar-refractivity contribution in [3.05, 3.63) is 18.2 Å². The van der Waals surface area contributed by atoms with Crippen molar-refractivity contribution in [2.24, 2.45) is 0 Å². The first kappa shape index (κ1) is 13.7. The Hall–Kier alpha value is -1.75. The van der Waals surface area contributed by atoms with Gasteiger partial charge in [-0.05, 0) is 26.0 Å². The Bertz CT molecular complexity index is 445. The summed E-state index contributed by atoms with van der Waals surface area (Å²) in [6.07, 6.45) is 0.896. The molecular weight excluding hydrogens is 246 g/mol. The van der Waals surface area contributed by atoms with Crippen LogP contribution < -0.4 is 14.8 Å². The average Bonchev–Trinajstić information content (AvgIpc) is 2.61. The van der Waals surface area contributed by atoms with Crippen LogP contribution in [0.2, 0.25) is 0 Å². The van der Waals surface area contributed by atoms with Gasteiger partial charge in [0.25, 0.3) is 0 Å². The van der Waals surface area contributed by atoms with Crippen molar-refractivity contribution >= 4 is 11.6 Å². The van der Waals surface area contributed by atoms with Crippen molar-refractivity contribution in [3.8, 4) is 11.5 Å². The van der Waals surface area contributed by atoms with Crippen molar-refractivity contribution in [1.29, 1.82) is 0 Å². The third-order valence-corrected chi connectivity index (χ3v) is 2.58. The zero-order valence-corrected chi connectivity index (χ0v) is 11.3. The molecule has 0 aromatic heterocycles. The quantitative estimate of drug-likeness (QED) is 0.906. The number of hydrogen-bond donors (Lipinski definition) is 1. The number of carbonyl (C=O) groups is 1. The van der Waals surface area contributed by atoms with Gasteiger partial charge in [0.05, 0.1) is 19.3 Å². The van der Waals surface area contributed by atoms with E-state index in [9.17, 15) is 4.79 Å². The molecule has 0 radical (unpaired) electrons. The second-order valence-electron chi connectivity index (χ2n) is 4.62. The van der Waals surface area contributed by atoms with Gasteiger partial charge in [-0.15, -0.1) is 0 Å². The molecule has 2 rings (SSSR count). The molecule has 1 aromatic rings. The van der Waals surface area contributed by atoms with Gasteiger partial charge in [-0.1, -0.05) is 0 Å². The lowest BCUT2D eigenvalue weighted by atomic mass is 10.2. The van der Waals surface area contributed by atoms with Crippen LogP contribution >= 0.6 is 0 Å². The highest BCUT2D eigenvalue weighted by Crippen LogP contribution is 2.32. The minimum absolute atomic E-state index is 0.0366. The summed E-state index contributed by atoms with van der Waals surface area (Å²) in [5, 5.41) is 2.77. The maximum absolute atomic E-state index is 11.6. The summed E-state index contributed by atoms with van der Waals surface area (Å²) in [5.74, 6) is 1.21. The zero-order chi connectivity index (χ0) is 13.7. The molecule has 0 spiro atoms. The van der Waals surface area contributed by atoms with Crippen LogP contribution in [0.5, 0.6) is 11.5 Å². The largest absolute Gasteiger partial charge is 0.490 e. The van der Waals surface area contributed by atoms with Crippen LogP contribution in [0.25, 0.3) is 0 Å². The number of rotatable bonds is 4. The van der Waals surface area contributed by atoms with E-state index in [4.69, 9.17) is 14.2 Å². The molecule has 1 heterocycles. The van der Waals surface area contributed by atoms with E-state index in [1.54, 1.807) is 18.2 Å². The molecule has 5 nitrogen and oxygen atoms in total. The molecule has 0 saturated carbocycles. The van der Waals surface area contributed by atoms with Crippen LogP contribution in [-0.2, 0) is 9.53 Å². The van der Waals surface area contributed by atoms with E-state index < -0.39 is 0 Å². The maximum Gasteiger partial charge on any atom is 0.250 e. The highest BCUT2D eigenvalue weighted by molar-refractivity contribution is 5.92. The first-order valence-corrected chi connectivity index (χ1v) is 6.46. The van der Waals surface area contributed by atoms with E-state index in [1.807, 2.05) is 13.8 Å². The fourth-order valence-corrected chi connectivity index (χ4v) is 1.68. The van der Waals surface area contributed by atoms with E-state index >= 15 is 0 Å². The lowest BCUT2D eigenvalue weighted by Gasteiger charge is -2.11. The predicted molar refractivity (Wildman–Crippen MR) is 71.8 cm³/mol. The van der Waals surface area contributed by atoms with Gasteiger partial charge in [0, 0.05) is 18.2 Å². The summed E-state index contributed by atoms with van der Waals surface area (Å²) in [5.41, 5.74) is 0.682. The molecule has 0 aliphatic carbocycles. The van der Waals surface area contributed by atoms with Crippen molar-refractivity contribution < 1.29 is 19.0 Å².